The van der Waals surface area contributed by atoms with Crippen LogP contribution in [0.25, 0.3) is 0 Å². The van der Waals surface area contributed by atoms with Gasteiger partial charge in [-0.2, -0.15) is 0 Å². The van der Waals surface area contributed by atoms with Gasteiger partial charge in [0.05, 0.1) is 6.10 Å². The van der Waals surface area contributed by atoms with Crippen LogP contribution in [0.1, 0.15) is 30.2 Å². The van der Waals surface area contributed by atoms with Crippen molar-refractivity contribution in [3.8, 4) is 0 Å². The highest BCUT2D eigenvalue weighted by molar-refractivity contribution is 5.21. The van der Waals surface area contributed by atoms with Crippen LogP contribution < -0.4 is 5.32 Å². The molecule has 2 N–H and O–H groups in total. The van der Waals surface area contributed by atoms with Crippen molar-refractivity contribution < 1.29 is 13.9 Å². The first-order valence-corrected chi connectivity index (χ1v) is 6.34. The Hall–Kier alpha value is -1.85. The molecular weight excluding hydrogens is 262 g/mol. The molecule has 1 heterocycles. The molecule has 1 aromatic heterocycles. The van der Waals surface area contributed by atoms with Crippen molar-refractivity contribution >= 4 is 0 Å². The number of aliphatic hydroxyl groups excluding tert-OH is 1. The lowest BCUT2D eigenvalue weighted by molar-refractivity contribution is 0.166. The topological polar surface area (TPSA) is 45.1 Å². The number of pyridine rings is 1. The Morgan fingerprint density at radius 2 is 2.10 bits per heavy atom. The lowest BCUT2D eigenvalue weighted by Crippen LogP contribution is -2.25. The number of hydrogen-bond donors (Lipinski definition) is 2. The predicted molar refractivity (Wildman–Crippen MR) is 72.0 cm³/mol. The van der Waals surface area contributed by atoms with E-state index in [1.54, 1.807) is 12.4 Å². The van der Waals surface area contributed by atoms with Gasteiger partial charge >= 0.3 is 0 Å². The number of nitrogens with zero attached hydrogens (tertiary/aromatic N) is 1. The maximum atomic E-state index is 13.5. The number of hydrogen-bond acceptors (Lipinski definition) is 3. The minimum Gasteiger partial charge on any atom is -0.387 e. The fraction of sp³-hybridized carbons (Fsp3) is 0.267. The number of benzene rings is 1. The lowest BCUT2D eigenvalue weighted by atomic mass is 10.1. The van der Waals surface area contributed by atoms with Gasteiger partial charge in [-0.3, -0.25) is 4.98 Å². The first-order valence-electron chi connectivity index (χ1n) is 6.34. The SMILES string of the molecule is CC(NCC(O)c1ccc(F)cc1F)c1cccnc1. The molecule has 2 aromatic rings. The van der Waals surface area contributed by atoms with Crippen molar-refractivity contribution in [2.45, 2.75) is 19.1 Å². The number of aromatic nitrogens is 1. The lowest BCUT2D eigenvalue weighted by Gasteiger charge is -2.18. The van der Waals surface area contributed by atoms with Crippen molar-refractivity contribution in [2.24, 2.45) is 0 Å². The minimum atomic E-state index is -1.03. The van der Waals surface area contributed by atoms with Gasteiger partial charge in [0.1, 0.15) is 11.6 Å². The summed E-state index contributed by atoms with van der Waals surface area (Å²) in [5.74, 6) is -1.40. The zero-order valence-electron chi connectivity index (χ0n) is 11.1. The summed E-state index contributed by atoms with van der Waals surface area (Å²) in [7, 11) is 0. The molecule has 3 nitrogen and oxygen atoms in total. The van der Waals surface area contributed by atoms with Crippen molar-refractivity contribution in [2.75, 3.05) is 6.54 Å². The van der Waals surface area contributed by atoms with E-state index in [0.717, 1.165) is 17.7 Å². The summed E-state index contributed by atoms with van der Waals surface area (Å²) < 4.78 is 26.3. The second-order valence-electron chi connectivity index (χ2n) is 4.60. The summed E-state index contributed by atoms with van der Waals surface area (Å²) in [6, 6.07) is 6.86. The maximum Gasteiger partial charge on any atom is 0.131 e. The van der Waals surface area contributed by atoms with E-state index in [2.05, 4.69) is 10.3 Å². The Labute approximate surface area is 116 Å². The monoisotopic (exact) mass is 278 g/mol. The molecule has 0 fully saturated rings. The molecule has 0 saturated heterocycles. The van der Waals surface area contributed by atoms with E-state index in [4.69, 9.17) is 0 Å². The number of nitrogens with one attached hydrogen (secondary N) is 1. The summed E-state index contributed by atoms with van der Waals surface area (Å²) >= 11 is 0. The van der Waals surface area contributed by atoms with Gasteiger partial charge in [0.2, 0.25) is 0 Å². The fourth-order valence-corrected chi connectivity index (χ4v) is 1.92. The zero-order chi connectivity index (χ0) is 14.5. The van der Waals surface area contributed by atoms with Crippen LogP contribution in [0.2, 0.25) is 0 Å². The van der Waals surface area contributed by atoms with E-state index in [1.807, 2.05) is 19.1 Å². The highest BCUT2D eigenvalue weighted by Gasteiger charge is 2.15. The highest BCUT2D eigenvalue weighted by Crippen LogP contribution is 2.18. The number of halogens is 2. The Morgan fingerprint density at radius 3 is 2.75 bits per heavy atom. The van der Waals surface area contributed by atoms with Crippen molar-refractivity contribution in [3.63, 3.8) is 0 Å². The smallest absolute Gasteiger partial charge is 0.131 e. The summed E-state index contributed by atoms with van der Waals surface area (Å²) in [6.45, 7) is 2.09. The van der Waals surface area contributed by atoms with E-state index in [0.29, 0.717) is 0 Å². The predicted octanol–water partition coefficient (Wildman–Crippen LogP) is 2.74. The molecule has 0 bridgehead atoms. The summed E-state index contributed by atoms with van der Waals surface area (Å²) in [4.78, 5) is 4.01. The average molecular weight is 278 g/mol. The second kappa shape index (κ2) is 6.54. The standard InChI is InChI=1S/C15H16F2N2O/c1-10(11-3-2-6-18-8-11)19-9-15(20)13-5-4-12(16)7-14(13)17/h2-8,10,15,19-20H,9H2,1H3. The van der Waals surface area contributed by atoms with Gasteiger partial charge in [0.25, 0.3) is 0 Å². The summed E-state index contributed by atoms with van der Waals surface area (Å²) in [5, 5.41) is 13.0. The van der Waals surface area contributed by atoms with Crippen LogP contribution in [0.4, 0.5) is 8.78 Å². The van der Waals surface area contributed by atoms with Gasteiger partial charge in [0, 0.05) is 36.6 Å². The average Bonchev–Trinajstić information content (AvgIpc) is 2.45. The molecule has 2 unspecified atom stereocenters. The van der Waals surface area contributed by atoms with Crippen molar-refractivity contribution in [3.05, 3.63) is 65.5 Å². The van der Waals surface area contributed by atoms with Crippen molar-refractivity contribution in [1.29, 1.82) is 0 Å². The third-order valence-electron chi connectivity index (χ3n) is 3.12. The van der Waals surface area contributed by atoms with Crippen molar-refractivity contribution in [1.82, 2.24) is 10.3 Å². The molecule has 2 rings (SSSR count). The van der Waals surface area contributed by atoms with Crippen LogP contribution in [0, 0.1) is 11.6 Å². The van der Waals surface area contributed by atoms with Gasteiger partial charge in [0.15, 0.2) is 0 Å². The Morgan fingerprint density at radius 1 is 1.30 bits per heavy atom. The molecule has 106 valence electrons. The summed E-state index contributed by atoms with van der Waals surface area (Å²) in [5.41, 5.74) is 1.05. The van der Waals surface area contributed by atoms with Gasteiger partial charge in [-0.25, -0.2) is 8.78 Å². The van der Waals surface area contributed by atoms with Crippen LogP contribution >= 0.6 is 0 Å². The summed E-state index contributed by atoms with van der Waals surface area (Å²) in [6.07, 6.45) is 2.37. The molecule has 0 aliphatic carbocycles. The first kappa shape index (κ1) is 14.6. The zero-order valence-corrected chi connectivity index (χ0v) is 11.1. The molecule has 5 heteroatoms. The van der Waals surface area contributed by atoms with E-state index in [-0.39, 0.29) is 18.2 Å². The Kier molecular flexibility index (Phi) is 4.76. The quantitative estimate of drug-likeness (QED) is 0.884. The molecule has 0 aliphatic heterocycles. The molecule has 0 radical (unpaired) electrons. The van der Waals surface area contributed by atoms with Gasteiger partial charge in [-0.15, -0.1) is 0 Å². The van der Waals surface area contributed by atoms with Gasteiger partial charge in [-0.05, 0) is 24.6 Å². The van der Waals surface area contributed by atoms with Gasteiger partial charge < -0.3 is 10.4 Å². The van der Waals surface area contributed by atoms with E-state index >= 15 is 0 Å². The van der Waals surface area contributed by atoms with E-state index < -0.39 is 17.7 Å². The largest absolute Gasteiger partial charge is 0.387 e. The number of aliphatic hydroxyl groups is 1. The molecule has 2 atom stereocenters. The minimum absolute atomic E-state index is 0.0261. The van der Waals surface area contributed by atoms with Crippen LogP contribution in [-0.2, 0) is 0 Å². The Balaban J connectivity index is 1.96. The molecule has 0 saturated carbocycles. The van der Waals surface area contributed by atoms with Crippen LogP contribution in [0.15, 0.2) is 42.7 Å². The van der Waals surface area contributed by atoms with Gasteiger partial charge in [-0.1, -0.05) is 12.1 Å². The van der Waals surface area contributed by atoms with E-state index in [9.17, 15) is 13.9 Å². The molecule has 0 amide bonds. The Bertz CT molecular complexity index is 563. The normalized spacial score (nSPS) is 14.0. The maximum absolute atomic E-state index is 13.5. The molecule has 0 spiro atoms. The number of rotatable bonds is 5. The third-order valence-corrected chi connectivity index (χ3v) is 3.12. The molecule has 20 heavy (non-hydrogen) atoms. The third kappa shape index (κ3) is 3.59. The second-order valence-corrected chi connectivity index (χ2v) is 4.60. The molecule has 0 aliphatic rings. The fourth-order valence-electron chi connectivity index (χ4n) is 1.92. The molecular formula is C15H16F2N2O. The van der Waals surface area contributed by atoms with Crippen LogP contribution in [0.5, 0.6) is 0 Å². The highest BCUT2D eigenvalue weighted by atomic mass is 19.1. The first-order chi connectivity index (χ1) is 9.58. The van der Waals surface area contributed by atoms with Crippen LogP contribution in [0.3, 0.4) is 0 Å². The molecule has 1 aromatic carbocycles. The van der Waals surface area contributed by atoms with Crippen LogP contribution in [-0.4, -0.2) is 16.6 Å². The van der Waals surface area contributed by atoms with E-state index in [1.165, 1.54) is 6.07 Å².